The minimum atomic E-state index is 0.884. The van der Waals surface area contributed by atoms with E-state index >= 15 is 0 Å². The predicted molar refractivity (Wildman–Crippen MR) is 93.4 cm³/mol. The molecule has 3 heteroatoms. The summed E-state index contributed by atoms with van der Waals surface area (Å²) in [6.45, 7) is 0. The van der Waals surface area contributed by atoms with Crippen molar-refractivity contribution in [1.82, 2.24) is 9.97 Å². The van der Waals surface area contributed by atoms with Crippen LogP contribution in [0, 0.1) is 0 Å². The highest BCUT2D eigenvalue weighted by Gasteiger charge is 2.24. The molecule has 0 saturated carbocycles. The van der Waals surface area contributed by atoms with Crippen LogP contribution in [-0.2, 0) is 6.42 Å². The molecule has 1 aliphatic carbocycles. The fourth-order valence-corrected chi connectivity index (χ4v) is 3.39. The van der Waals surface area contributed by atoms with E-state index in [1.165, 1.54) is 22.3 Å². The number of fused-ring (bicyclic) bond motifs is 3. The van der Waals surface area contributed by atoms with Gasteiger partial charge in [-0.1, -0.05) is 30.3 Å². The molecule has 0 N–H and O–H groups in total. The Hall–Kier alpha value is -3.20. The van der Waals surface area contributed by atoms with E-state index in [1.807, 2.05) is 24.3 Å². The minimum Gasteiger partial charge on any atom is -0.472 e. The molecular formula is C21H14N2O. The molecule has 0 bridgehead atoms. The lowest BCUT2D eigenvalue weighted by atomic mass is 9.99. The topological polar surface area (TPSA) is 38.9 Å². The summed E-state index contributed by atoms with van der Waals surface area (Å²) in [5.74, 6) is 0. The molecule has 0 amide bonds. The highest BCUT2D eigenvalue weighted by atomic mass is 16.3. The second-order valence-electron chi connectivity index (χ2n) is 5.94. The van der Waals surface area contributed by atoms with Crippen molar-refractivity contribution in [3.05, 3.63) is 84.4 Å². The number of rotatable bonds is 2. The van der Waals surface area contributed by atoms with Gasteiger partial charge in [-0.2, -0.15) is 0 Å². The average molecular weight is 310 g/mol. The van der Waals surface area contributed by atoms with Crippen molar-refractivity contribution < 1.29 is 4.42 Å². The molecular weight excluding hydrogens is 296 g/mol. The lowest BCUT2D eigenvalue weighted by molar-refractivity contribution is 0.568. The Bertz CT molecular complexity index is 1020. The first-order valence-corrected chi connectivity index (χ1v) is 7.96. The number of aromatic nitrogens is 2. The summed E-state index contributed by atoms with van der Waals surface area (Å²) in [5.41, 5.74) is 8.89. The van der Waals surface area contributed by atoms with Crippen molar-refractivity contribution in [2.24, 2.45) is 0 Å². The van der Waals surface area contributed by atoms with Crippen molar-refractivity contribution in [1.29, 1.82) is 0 Å². The molecule has 3 aromatic heterocycles. The Morgan fingerprint density at radius 3 is 2.62 bits per heavy atom. The molecule has 24 heavy (non-hydrogen) atoms. The van der Waals surface area contributed by atoms with Crippen LogP contribution < -0.4 is 0 Å². The van der Waals surface area contributed by atoms with Gasteiger partial charge in [0.1, 0.15) is 0 Å². The van der Waals surface area contributed by atoms with E-state index in [0.29, 0.717) is 0 Å². The predicted octanol–water partition coefficient (Wildman–Crippen LogP) is 4.97. The quantitative estimate of drug-likeness (QED) is 0.462. The van der Waals surface area contributed by atoms with Gasteiger partial charge in [-0.15, -0.1) is 0 Å². The summed E-state index contributed by atoms with van der Waals surface area (Å²) in [4.78, 5) is 9.41. The van der Waals surface area contributed by atoms with Crippen LogP contribution in [0.2, 0.25) is 0 Å². The van der Waals surface area contributed by atoms with Gasteiger partial charge in [0.25, 0.3) is 0 Å². The van der Waals surface area contributed by atoms with Crippen LogP contribution in [0.1, 0.15) is 11.1 Å². The summed E-state index contributed by atoms with van der Waals surface area (Å²) >= 11 is 0. The molecule has 0 atom stereocenters. The van der Waals surface area contributed by atoms with Gasteiger partial charge in [0.05, 0.1) is 29.6 Å². The summed E-state index contributed by atoms with van der Waals surface area (Å²) < 4.78 is 5.32. The standard InChI is InChI=1S/C21H14N2O/c1-2-6-16-14(5-1)11-18-17(15-8-10-24-13-15)12-20(23-21(16)18)19-7-3-4-9-22-19/h1-10,12-13H,11H2. The molecule has 0 unspecified atom stereocenters. The maximum atomic E-state index is 5.32. The lowest BCUT2D eigenvalue weighted by Gasteiger charge is -2.10. The maximum absolute atomic E-state index is 5.32. The zero-order valence-corrected chi connectivity index (χ0v) is 12.9. The van der Waals surface area contributed by atoms with E-state index in [1.54, 1.807) is 18.7 Å². The first-order chi connectivity index (χ1) is 11.9. The number of nitrogens with zero attached hydrogens (tertiary/aromatic N) is 2. The van der Waals surface area contributed by atoms with Crippen LogP contribution >= 0.6 is 0 Å². The molecule has 0 fully saturated rings. The average Bonchev–Trinajstić information content (AvgIpc) is 3.29. The van der Waals surface area contributed by atoms with Crippen LogP contribution in [0.25, 0.3) is 33.8 Å². The van der Waals surface area contributed by atoms with Crippen molar-refractivity contribution in [2.45, 2.75) is 6.42 Å². The second-order valence-corrected chi connectivity index (χ2v) is 5.94. The van der Waals surface area contributed by atoms with E-state index in [4.69, 9.17) is 9.40 Å². The van der Waals surface area contributed by atoms with Crippen LogP contribution in [-0.4, -0.2) is 9.97 Å². The Labute approximate surface area is 139 Å². The normalized spacial score (nSPS) is 12.0. The summed E-state index contributed by atoms with van der Waals surface area (Å²) in [6.07, 6.45) is 6.21. The summed E-state index contributed by atoms with van der Waals surface area (Å²) in [7, 11) is 0. The third-order valence-electron chi connectivity index (χ3n) is 4.52. The smallest absolute Gasteiger partial charge is 0.0981 e. The first kappa shape index (κ1) is 13.3. The third-order valence-corrected chi connectivity index (χ3v) is 4.52. The van der Waals surface area contributed by atoms with Gasteiger partial charge in [-0.05, 0) is 41.0 Å². The van der Waals surface area contributed by atoms with Crippen LogP contribution in [0.4, 0.5) is 0 Å². The zero-order chi connectivity index (χ0) is 15.9. The van der Waals surface area contributed by atoms with Gasteiger partial charge in [0.2, 0.25) is 0 Å². The highest BCUT2D eigenvalue weighted by molar-refractivity contribution is 5.84. The van der Waals surface area contributed by atoms with E-state index < -0.39 is 0 Å². The maximum Gasteiger partial charge on any atom is 0.0981 e. The minimum absolute atomic E-state index is 0.884. The molecule has 4 aromatic rings. The van der Waals surface area contributed by atoms with Crippen molar-refractivity contribution in [3.63, 3.8) is 0 Å². The lowest BCUT2D eigenvalue weighted by Crippen LogP contribution is -1.95. The molecule has 0 spiro atoms. The number of hydrogen-bond acceptors (Lipinski definition) is 3. The van der Waals surface area contributed by atoms with Gasteiger partial charge in [0, 0.05) is 23.7 Å². The van der Waals surface area contributed by atoms with Gasteiger partial charge >= 0.3 is 0 Å². The molecule has 1 aliphatic rings. The summed E-state index contributed by atoms with van der Waals surface area (Å²) in [6, 6.07) is 18.5. The fourth-order valence-electron chi connectivity index (χ4n) is 3.39. The molecule has 0 aliphatic heterocycles. The molecule has 0 radical (unpaired) electrons. The monoisotopic (exact) mass is 310 g/mol. The third kappa shape index (κ3) is 1.98. The van der Waals surface area contributed by atoms with Crippen molar-refractivity contribution >= 4 is 0 Å². The van der Waals surface area contributed by atoms with E-state index in [0.717, 1.165) is 29.1 Å². The number of furan rings is 1. The van der Waals surface area contributed by atoms with E-state index in [9.17, 15) is 0 Å². The largest absolute Gasteiger partial charge is 0.472 e. The fraction of sp³-hybridized carbons (Fsp3) is 0.0476. The van der Waals surface area contributed by atoms with E-state index in [2.05, 4.69) is 35.3 Å². The Kier molecular flexibility index (Phi) is 2.85. The Morgan fingerprint density at radius 2 is 1.79 bits per heavy atom. The van der Waals surface area contributed by atoms with Crippen LogP contribution in [0.3, 0.4) is 0 Å². The number of pyridine rings is 2. The van der Waals surface area contributed by atoms with Gasteiger partial charge in [-0.3, -0.25) is 4.98 Å². The van der Waals surface area contributed by atoms with Gasteiger partial charge < -0.3 is 4.42 Å². The molecule has 114 valence electrons. The second kappa shape index (κ2) is 5.17. The highest BCUT2D eigenvalue weighted by Crippen LogP contribution is 2.42. The summed E-state index contributed by atoms with van der Waals surface area (Å²) in [5, 5.41) is 0. The van der Waals surface area contributed by atoms with Crippen molar-refractivity contribution in [3.8, 4) is 33.8 Å². The van der Waals surface area contributed by atoms with Crippen LogP contribution in [0.15, 0.2) is 77.7 Å². The molecule has 3 heterocycles. The molecule has 0 saturated heterocycles. The Morgan fingerprint density at radius 1 is 0.875 bits per heavy atom. The SMILES string of the molecule is c1ccc(-c2cc(-c3ccoc3)c3c(n2)-c2ccccc2C3)nc1. The molecule has 1 aromatic carbocycles. The molecule has 3 nitrogen and oxygen atoms in total. The first-order valence-electron chi connectivity index (χ1n) is 7.96. The van der Waals surface area contributed by atoms with Gasteiger partial charge in [-0.25, -0.2) is 4.98 Å². The molecule has 5 rings (SSSR count). The van der Waals surface area contributed by atoms with Crippen LogP contribution in [0.5, 0.6) is 0 Å². The number of benzene rings is 1. The van der Waals surface area contributed by atoms with Gasteiger partial charge in [0.15, 0.2) is 0 Å². The zero-order valence-electron chi connectivity index (χ0n) is 12.9. The van der Waals surface area contributed by atoms with Crippen molar-refractivity contribution in [2.75, 3.05) is 0 Å². The number of hydrogen-bond donors (Lipinski definition) is 0. The Balaban J connectivity index is 1.80. The van der Waals surface area contributed by atoms with E-state index in [-0.39, 0.29) is 0 Å².